The first kappa shape index (κ1) is 19.5. The molecule has 0 bridgehead atoms. The summed E-state index contributed by atoms with van der Waals surface area (Å²) in [6.07, 6.45) is 0.405. The molecular formula is C21H19N3O3S2. The van der Waals surface area contributed by atoms with Gasteiger partial charge in [-0.05, 0) is 42.0 Å². The quantitative estimate of drug-likeness (QED) is 0.601. The number of hydrogen-bond donors (Lipinski definition) is 2. The van der Waals surface area contributed by atoms with E-state index in [1.54, 1.807) is 44.1 Å². The highest BCUT2D eigenvalue weighted by atomic mass is 32.2. The summed E-state index contributed by atoms with van der Waals surface area (Å²) in [7, 11) is 3.20. The number of aliphatic imine (C=N–C) groups is 1. The Morgan fingerprint density at radius 2 is 1.86 bits per heavy atom. The number of nitrogens with zero attached hydrogens (tertiary/aromatic N) is 3. The number of aromatic nitrogens is 2. The van der Waals surface area contributed by atoms with Crippen molar-refractivity contribution in [3.05, 3.63) is 74.8 Å². The molecule has 3 aromatic rings. The Balaban J connectivity index is 1.95. The minimum atomic E-state index is -0.386. The van der Waals surface area contributed by atoms with Crippen LogP contribution < -0.4 is 5.56 Å². The van der Waals surface area contributed by atoms with Gasteiger partial charge in [-0.2, -0.15) is 0 Å². The van der Waals surface area contributed by atoms with Crippen LogP contribution in [0.15, 0.2) is 63.2 Å². The lowest BCUT2D eigenvalue weighted by atomic mass is 10.0. The Kier molecular flexibility index (Phi) is 5.06. The zero-order chi connectivity index (χ0) is 20.7. The summed E-state index contributed by atoms with van der Waals surface area (Å²) in [6, 6.07) is 14.8. The first-order valence-electron chi connectivity index (χ1n) is 8.98. The fourth-order valence-corrected chi connectivity index (χ4v) is 4.76. The molecule has 1 atom stereocenters. The van der Waals surface area contributed by atoms with E-state index in [0.717, 1.165) is 16.1 Å². The van der Waals surface area contributed by atoms with E-state index in [4.69, 9.17) is 17.2 Å². The minimum absolute atomic E-state index is 0.0953. The molecule has 148 valence electrons. The largest absolute Gasteiger partial charge is 0.508 e. The molecule has 0 fully saturated rings. The van der Waals surface area contributed by atoms with Crippen molar-refractivity contribution in [1.29, 1.82) is 0 Å². The minimum Gasteiger partial charge on any atom is -0.508 e. The van der Waals surface area contributed by atoms with Crippen LogP contribution in [0.5, 0.6) is 11.6 Å². The van der Waals surface area contributed by atoms with Gasteiger partial charge in [0.15, 0.2) is 4.77 Å². The number of rotatable bonds is 2. The van der Waals surface area contributed by atoms with Gasteiger partial charge < -0.3 is 10.2 Å². The van der Waals surface area contributed by atoms with Crippen molar-refractivity contribution in [2.24, 2.45) is 19.1 Å². The molecule has 1 aliphatic rings. The molecule has 0 saturated heterocycles. The Morgan fingerprint density at radius 3 is 2.62 bits per heavy atom. The number of fused-ring (bicyclic) bond motifs is 1. The highest BCUT2D eigenvalue weighted by Crippen LogP contribution is 2.46. The fourth-order valence-electron chi connectivity index (χ4n) is 3.37. The van der Waals surface area contributed by atoms with Gasteiger partial charge in [-0.15, -0.1) is 11.8 Å². The normalized spacial score (nSPS) is 16.1. The van der Waals surface area contributed by atoms with Crippen LogP contribution in [-0.4, -0.2) is 25.1 Å². The monoisotopic (exact) mass is 425 g/mol. The molecule has 2 heterocycles. The molecule has 2 aromatic carbocycles. The summed E-state index contributed by atoms with van der Waals surface area (Å²) >= 11 is 6.85. The van der Waals surface area contributed by atoms with E-state index in [1.165, 1.54) is 9.13 Å². The van der Waals surface area contributed by atoms with Gasteiger partial charge in [0.1, 0.15) is 11.3 Å². The van der Waals surface area contributed by atoms with Crippen molar-refractivity contribution in [3.63, 3.8) is 0 Å². The van der Waals surface area contributed by atoms with E-state index in [9.17, 15) is 15.0 Å². The van der Waals surface area contributed by atoms with Gasteiger partial charge >= 0.3 is 0 Å². The van der Waals surface area contributed by atoms with E-state index in [2.05, 4.69) is 0 Å². The third kappa shape index (κ3) is 3.49. The lowest BCUT2D eigenvalue weighted by Crippen LogP contribution is -2.29. The van der Waals surface area contributed by atoms with Crippen LogP contribution in [-0.2, 0) is 14.1 Å². The van der Waals surface area contributed by atoms with Gasteiger partial charge in [0.05, 0.1) is 11.4 Å². The molecule has 1 aliphatic heterocycles. The molecular weight excluding hydrogens is 406 g/mol. The number of aromatic hydroxyl groups is 2. The number of hydrogen-bond acceptors (Lipinski definition) is 6. The molecule has 8 heteroatoms. The summed E-state index contributed by atoms with van der Waals surface area (Å²) in [5.74, 6) is -0.0179. The summed E-state index contributed by atoms with van der Waals surface area (Å²) in [5.41, 5.74) is 1.90. The number of phenolic OH excluding ortho intramolecular Hbond substituents is 1. The number of benzene rings is 2. The standard InChI is InChI=1S/C21H19N3O3S2/c1-23-19(26)18(20(27)24(2)21(23)28)15-11-17(12-6-5-7-13(25)10-12)29-16-9-4-3-8-14(16)22-15/h3-10,17,25-26H,11H2,1-2H3/t17-/m0/s1. The van der Waals surface area contributed by atoms with Crippen molar-refractivity contribution < 1.29 is 10.2 Å². The predicted molar refractivity (Wildman–Crippen MR) is 117 cm³/mol. The van der Waals surface area contributed by atoms with E-state index in [1.807, 2.05) is 30.3 Å². The van der Waals surface area contributed by atoms with E-state index >= 15 is 0 Å². The zero-order valence-electron chi connectivity index (χ0n) is 15.9. The molecule has 4 rings (SSSR count). The maximum atomic E-state index is 13.0. The molecule has 0 spiro atoms. The summed E-state index contributed by atoms with van der Waals surface area (Å²) < 4.78 is 2.96. The molecule has 0 saturated carbocycles. The van der Waals surface area contributed by atoms with E-state index in [-0.39, 0.29) is 32.8 Å². The molecule has 0 unspecified atom stereocenters. The Labute approximate surface area is 176 Å². The summed E-state index contributed by atoms with van der Waals surface area (Å²) in [4.78, 5) is 18.7. The number of para-hydroxylation sites is 1. The van der Waals surface area contributed by atoms with Crippen LogP contribution in [0.3, 0.4) is 0 Å². The molecule has 0 radical (unpaired) electrons. The van der Waals surface area contributed by atoms with Crippen LogP contribution >= 0.6 is 24.0 Å². The van der Waals surface area contributed by atoms with E-state index < -0.39 is 0 Å². The molecule has 0 aliphatic carbocycles. The third-order valence-electron chi connectivity index (χ3n) is 4.93. The molecule has 0 amide bonds. The van der Waals surface area contributed by atoms with Gasteiger partial charge in [-0.3, -0.25) is 18.9 Å². The van der Waals surface area contributed by atoms with Crippen molar-refractivity contribution in [3.8, 4) is 11.6 Å². The fraction of sp³-hybridized carbons (Fsp3) is 0.190. The Hall–Kier alpha value is -2.84. The lowest BCUT2D eigenvalue weighted by Gasteiger charge is -2.17. The van der Waals surface area contributed by atoms with Gasteiger partial charge in [-0.25, -0.2) is 0 Å². The highest BCUT2D eigenvalue weighted by Gasteiger charge is 2.27. The topological polar surface area (TPSA) is 79.8 Å². The maximum Gasteiger partial charge on any atom is 0.267 e. The predicted octanol–water partition coefficient (Wildman–Crippen LogP) is 4.22. The molecule has 1 aromatic heterocycles. The number of phenols is 1. The second kappa shape index (κ2) is 7.53. The van der Waals surface area contributed by atoms with Crippen molar-refractivity contribution in [1.82, 2.24) is 9.13 Å². The summed E-state index contributed by atoms with van der Waals surface area (Å²) in [5, 5.41) is 20.6. The maximum absolute atomic E-state index is 13.0. The van der Waals surface area contributed by atoms with Gasteiger partial charge in [0, 0.05) is 30.7 Å². The molecule has 6 nitrogen and oxygen atoms in total. The van der Waals surface area contributed by atoms with Crippen LogP contribution in [0.25, 0.3) is 0 Å². The van der Waals surface area contributed by atoms with Crippen LogP contribution in [0, 0.1) is 4.77 Å². The first-order chi connectivity index (χ1) is 13.9. The Bertz CT molecular complexity index is 1260. The smallest absolute Gasteiger partial charge is 0.267 e. The van der Waals surface area contributed by atoms with Gasteiger partial charge in [-0.1, -0.05) is 24.3 Å². The van der Waals surface area contributed by atoms with Crippen LogP contribution in [0.4, 0.5) is 5.69 Å². The second-order valence-corrected chi connectivity index (χ2v) is 8.45. The van der Waals surface area contributed by atoms with E-state index in [0.29, 0.717) is 12.1 Å². The summed E-state index contributed by atoms with van der Waals surface area (Å²) in [6.45, 7) is 0. The second-order valence-electron chi connectivity index (χ2n) is 6.84. The van der Waals surface area contributed by atoms with Crippen molar-refractivity contribution >= 4 is 35.4 Å². The average Bonchev–Trinajstić information content (AvgIpc) is 2.90. The molecule has 29 heavy (non-hydrogen) atoms. The Morgan fingerprint density at radius 1 is 1.10 bits per heavy atom. The van der Waals surface area contributed by atoms with Crippen LogP contribution in [0.2, 0.25) is 0 Å². The van der Waals surface area contributed by atoms with Crippen LogP contribution in [0.1, 0.15) is 22.8 Å². The number of thioether (sulfide) groups is 1. The van der Waals surface area contributed by atoms with Crippen molar-refractivity contribution in [2.45, 2.75) is 16.6 Å². The zero-order valence-corrected chi connectivity index (χ0v) is 17.5. The average molecular weight is 426 g/mol. The highest BCUT2D eigenvalue weighted by molar-refractivity contribution is 7.99. The third-order valence-corrected chi connectivity index (χ3v) is 6.80. The first-order valence-corrected chi connectivity index (χ1v) is 10.3. The SMILES string of the molecule is Cn1c(O)c(C2=Nc3ccccc3S[C@H](c3cccc(O)c3)C2)c(=O)n(C)c1=S. The lowest BCUT2D eigenvalue weighted by molar-refractivity contribution is 0.414. The van der Waals surface area contributed by atoms with Crippen molar-refractivity contribution in [2.75, 3.05) is 0 Å². The molecule has 2 N–H and O–H groups in total. The van der Waals surface area contributed by atoms with Gasteiger partial charge in [0.2, 0.25) is 5.88 Å². The van der Waals surface area contributed by atoms with Gasteiger partial charge in [0.25, 0.3) is 5.56 Å².